The normalized spacial score (nSPS) is 10.3. The van der Waals surface area contributed by atoms with Crippen molar-refractivity contribution in [3.8, 4) is 11.4 Å². The number of anilines is 1. The molecule has 1 N–H and O–H groups in total. The van der Waals surface area contributed by atoms with Crippen molar-refractivity contribution in [3.63, 3.8) is 0 Å². The average molecular weight is 281 g/mol. The Labute approximate surface area is 122 Å². The van der Waals surface area contributed by atoms with Crippen LogP contribution < -0.4 is 10.1 Å². The Morgan fingerprint density at radius 1 is 1.05 bits per heavy atom. The molecular weight excluding hydrogens is 266 g/mol. The lowest BCUT2D eigenvalue weighted by Gasteiger charge is -2.07. The van der Waals surface area contributed by atoms with E-state index in [1.165, 1.54) is 0 Å². The Balaban J connectivity index is 1.72. The zero-order valence-electron chi connectivity index (χ0n) is 11.6. The molecule has 2 aromatic carbocycles. The molecule has 21 heavy (non-hydrogen) atoms. The molecule has 0 bridgehead atoms. The van der Waals surface area contributed by atoms with Gasteiger partial charge in [0, 0.05) is 5.69 Å². The molecule has 0 aliphatic carbocycles. The van der Waals surface area contributed by atoms with Gasteiger partial charge in [0.1, 0.15) is 5.75 Å². The number of hydrogen-bond donors (Lipinski definition) is 1. The lowest BCUT2D eigenvalue weighted by Crippen LogP contribution is -2.08. The zero-order valence-corrected chi connectivity index (χ0v) is 11.6. The number of para-hydroxylation sites is 1. The van der Waals surface area contributed by atoms with Gasteiger partial charge in [-0.25, -0.2) is 0 Å². The molecule has 1 aromatic heterocycles. The van der Waals surface area contributed by atoms with Crippen LogP contribution in [0.15, 0.2) is 54.6 Å². The summed E-state index contributed by atoms with van der Waals surface area (Å²) in [5.41, 5.74) is 1.92. The van der Waals surface area contributed by atoms with Crippen LogP contribution in [0.5, 0.6) is 5.75 Å². The average Bonchev–Trinajstić information content (AvgIpc) is 3.03. The van der Waals surface area contributed by atoms with Crippen LogP contribution in [0.4, 0.5) is 5.69 Å². The van der Waals surface area contributed by atoms with Crippen LogP contribution in [-0.4, -0.2) is 27.3 Å². The molecule has 0 saturated carbocycles. The van der Waals surface area contributed by atoms with Crippen molar-refractivity contribution in [2.75, 3.05) is 12.4 Å². The molecule has 0 radical (unpaired) electrons. The topological polar surface area (TPSA) is 64.9 Å². The van der Waals surface area contributed by atoms with Gasteiger partial charge in [0.05, 0.1) is 19.3 Å². The number of rotatable bonds is 5. The number of hydrogen-bond acceptors (Lipinski definition) is 5. The van der Waals surface area contributed by atoms with Crippen LogP contribution in [0.3, 0.4) is 0 Å². The molecule has 0 atom stereocenters. The van der Waals surface area contributed by atoms with Gasteiger partial charge in [-0.05, 0) is 46.8 Å². The van der Waals surface area contributed by atoms with Gasteiger partial charge in [0.2, 0.25) is 0 Å². The maximum atomic E-state index is 5.13. The Morgan fingerprint density at radius 2 is 1.81 bits per heavy atom. The van der Waals surface area contributed by atoms with Gasteiger partial charge in [-0.3, -0.25) is 0 Å². The van der Waals surface area contributed by atoms with Gasteiger partial charge in [-0.2, -0.15) is 4.68 Å². The van der Waals surface area contributed by atoms with Crippen molar-refractivity contribution in [1.29, 1.82) is 0 Å². The first-order valence-electron chi connectivity index (χ1n) is 6.57. The van der Waals surface area contributed by atoms with Crippen molar-refractivity contribution < 1.29 is 4.74 Å². The third kappa shape index (κ3) is 3.00. The largest absolute Gasteiger partial charge is 0.497 e. The molecule has 0 amide bonds. The fourth-order valence-corrected chi connectivity index (χ4v) is 1.98. The van der Waals surface area contributed by atoms with Gasteiger partial charge >= 0.3 is 0 Å². The molecule has 0 saturated heterocycles. The smallest absolute Gasteiger partial charge is 0.175 e. The summed E-state index contributed by atoms with van der Waals surface area (Å²) >= 11 is 0. The Bertz CT molecular complexity index is 694. The number of nitrogens with one attached hydrogen (secondary N) is 1. The summed E-state index contributed by atoms with van der Waals surface area (Å²) in [7, 11) is 1.65. The molecule has 0 unspecified atom stereocenters. The second kappa shape index (κ2) is 6.04. The molecule has 0 fully saturated rings. The van der Waals surface area contributed by atoms with Gasteiger partial charge in [-0.1, -0.05) is 18.2 Å². The van der Waals surface area contributed by atoms with E-state index in [9.17, 15) is 0 Å². The minimum atomic E-state index is 0.536. The lowest BCUT2D eigenvalue weighted by atomic mass is 10.3. The zero-order chi connectivity index (χ0) is 14.5. The van der Waals surface area contributed by atoms with Crippen LogP contribution in [0.1, 0.15) is 5.82 Å². The van der Waals surface area contributed by atoms with Crippen molar-refractivity contribution in [1.82, 2.24) is 20.2 Å². The van der Waals surface area contributed by atoms with Crippen molar-refractivity contribution in [3.05, 3.63) is 60.4 Å². The Hall–Kier alpha value is -2.89. The van der Waals surface area contributed by atoms with Crippen LogP contribution in [0.25, 0.3) is 5.69 Å². The number of tetrazole rings is 1. The number of nitrogens with zero attached hydrogens (tertiary/aromatic N) is 4. The summed E-state index contributed by atoms with van der Waals surface area (Å²) in [6.07, 6.45) is 0. The Kier molecular flexibility index (Phi) is 3.77. The van der Waals surface area contributed by atoms with E-state index in [0.29, 0.717) is 6.54 Å². The predicted molar refractivity (Wildman–Crippen MR) is 79.5 cm³/mol. The van der Waals surface area contributed by atoms with Crippen molar-refractivity contribution >= 4 is 5.69 Å². The minimum Gasteiger partial charge on any atom is -0.497 e. The molecule has 1 heterocycles. The van der Waals surface area contributed by atoms with Crippen LogP contribution in [0, 0.1) is 0 Å². The molecule has 0 aliphatic rings. The standard InChI is InChI=1S/C15H15N5O/c1-21-14-9-7-12(8-10-14)16-11-15-17-18-19-20(15)13-5-3-2-4-6-13/h2-10,16H,11H2,1H3. The van der Waals surface area contributed by atoms with Crippen LogP contribution >= 0.6 is 0 Å². The van der Waals surface area contributed by atoms with Gasteiger partial charge in [0.25, 0.3) is 0 Å². The van der Waals surface area contributed by atoms with E-state index in [-0.39, 0.29) is 0 Å². The van der Waals surface area contributed by atoms with Gasteiger partial charge in [0.15, 0.2) is 5.82 Å². The first kappa shape index (κ1) is 13.1. The number of benzene rings is 2. The van der Waals surface area contributed by atoms with E-state index in [1.54, 1.807) is 11.8 Å². The molecule has 6 heteroatoms. The summed E-state index contributed by atoms with van der Waals surface area (Å²) in [5, 5.41) is 15.1. The third-order valence-corrected chi connectivity index (χ3v) is 3.08. The second-order valence-electron chi connectivity index (χ2n) is 4.42. The molecule has 3 aromatic rings. The second-order valence-corrected chi connectivity index (χ2v) is 4.42. The summed E-state index contributed by atoms with van der Waals surface area (Å²) in [6, 6.07) is 17.5. The first-order chi connectivity index (χ1) is 10.4. The van der Waals surface area contributed by atoms with E-state index < -0.39 is 0 Å². The summed E-state index contributed by atoms with van der Waals surface area (Å²) < 4.78 is 6.85. The van der Waals surface area contributed by atoms with E-state index in [4.69, 9.17) is 4.74 Å². The highest BCUT2D eigenvalue weighted by atomic mass is 16.5. The summed E-state index contributed by atoms with van der Waals surface area (Å²) in [5.74, 6) is 1.58. The predicted octanol–water partition coefficient (Wildman–Crippen LogP) is 2.28. The van der Waals surface area contributed by atoms with E-state index >= 15 is 0 Å². The third-order valence-electron chi connectivity index (χ3n) is 3.08. The number of ether oxygens (including phenoxy) is 1. The maximum absolute atomic E-state index is 5.13. The summed E-state index contributed by atoms with van der Waals surface area (Å²) in [6.45, 7) is 0.536. The molecule has 6 nitrogen and oxygen atoms in total. The van der Waals surface area contributed by atoms with E-state index in [0.717, 1.165) is 22.9 Å². The highest BCUT2D eigenvalue weighted by Gasteiger charge is 2.07. The highest BCUT2D eigenvalue weighted by molar-refractivity contribution is 5.46. The quantitative estimate of drug-likeness (QED) is 0.777. The molecule has 106 valence electrons. The lowest BCUT2D eigenvalue weighted by molar-refractivity contribution is 0.415. The van der Waals surface area contributed by atoms with Gasteiger partial charge in [-0.15, -0.1) is 5.10 Å². The number of aromatic nitrogens is 4. The van der Waals surface area contributed by atoms with E-state index in [2.05, 4.69) is 20.8 Å². The Morgan fingerprint density at radius 3 is 2.52 bits per heavy atom. The minimum absolute atomic E-state index is 0.536. The molecule has 3 rings (SSSR count). The van der Waals surface area contributed by atoms with Crippen molar-refractivity contribution in [2.24, 2.45) is 0 Å². The fraction of sp³-hybridized carbons (Fsp3) is 0.133. The summed E-state index contributed by atoms with van der Waals surface area (Å²) in [4.78, 5) is 0. The first-order valence-corrected chi connectivity index (χ1v) is 6.57. The van der Waals surface area contributed by atoms with Crippen molar-refractivity contribution in [2.45, 2.75) is 6.54 Å². The van der Waals surface area contributed by atoms with Crippen LogP contribution in [-0.2, 0) is 6.54 Å². The van der Waals surface area contributed by atoms with E-state index in [1.807, 2.05) is 54.6 Å². The monoisotopic (exact) mass is 281 g/mol. The van der Waals surface area contributed by atoms with Gasteiger partial charge < -0.3 is 10.1 Å². The maximum Gasteiger partial charge on any atom is 0.175 e. The fourth-order valence-electron chi connectivity index (χ4n) is 1.98. The van der Waals surface area contributed by atoms with Crippen LogP contribution in [0.2, 0.25) is 0 Å². The molecule has 0 aliphatic heterocycles. The molecule has 0 spiro atoms. The SMILES string of the molecule is COc1ccc(NCc2nnnn2-c2ccccc2)cc1. The molecular formula is C15H15N5O. The number of methoxy groups -OCH3 is 1. The highest BCUT2D eigenvalue weighted by Crippen LogP contribution is 2.16.